The van der Waals surface area contributed by atoms with Crippen molar-refractivity contribution in [2.45, 2.75) is 38.4 Å². The van der Waals surface area contributed by atoms with Gasteiger partial charge >= 0.3 is 5.97 Å². The molecule has 0 aliphatic carbocycles. The first-order valence-corrected chi connectivity index (χ1v) is 7.78. The van der Waals surface area contributed by atoms with Gasteiger partial charge in [0.25, 0.3) is 0 Å². The molecule has 0 fully saturated rings. The third-order valence-corrected chi connectivity index (χ3v) is 3.90. The van der Waals surface area contributed by atoms with Crippen molar-refractivity contribution in [1.82, 2.24) is 0 Å². The van der Waals surface area contributed by atoms with Crippen LogP contribution in [0.15, 0.2) is 24.3 Å². The molecule has 0 saturated heterocycles. The molecule has 0 radical (unpaired) electrons. The van der Waals surface area contributed by atoms with Crippen LogP contribution in [-0.4, -0.2) is 28.0 Å². The Morgan fingerprint density at radius 1 is 1.30 bits per heavy atom. The molecule has 1 aromatic carbocycles. The number of carbonyl (C=O) groups excluding carboxylic acids is 1. The van der Waals surface area contributed by atoms with Crippen LogP contribution in [0.5, 0.6) is 0 Å². The molecule has 0 spiro atoms. The minimum Gasteiger partial charge on any atom is -0.481 e. The van der Waals surface area contributed by atoms with E-state index in [1.165, 1.54) is 17.3 Å². The summed E-state index contributed by atoms with van der Waals surface area (Å²) in [6, 6.07) is 7.82. The second-order valence-electron chi connectivity index (χ2n) is 4.71. The van der Waals surface area contributed by atoms with Gasteiger partial charge in [0.1, 0.15) is 0 Å². The summed E-state index contributed by atoms with van der Waals surface area (Å²) in [6.45, 7) is 3.94. The van der Waals surface area contributed by atoms with Gasteiger partial charge in [-0.15, -0.1) is 11.8 Å². The summed E-state index contributed by atoms with van der Waals surface area (Å²) >= 11 is 1.35. The number of thioether (sulfide) groups is 1. The van der Waals surface area contributed by atoms with Gasteiger partial charge in [-0.2, -0.15) is 0 Å². The molecule has 1 amide bonds. The molecule has 0 bridgehead atoms. The third-order valence-electron chi connectivity index (χ3n) is 2.74. The number of hydrogen-bond donors (Lipinski definition) is 2. The van der Waals surface area contributed by atoms with Gasteiger partial charge in [0.15, 0.2) is 0 Å². The van der Waals surface area contributed by atoms with Gasteiger partial charge in [-0.1, -0.05) is 32.4 Å². The number of carboxylic acids is 1. The van der Waals surface area contributed by atoms with Crippen molar-refractivity contribution in [3.63, 3.8) is 0 Å². The van der Waals surface area contributed by atoms with E-state index in [1.54, 1.807) is 0 Å². The van der Waals surface area contributed by atoms with Gasteiger partial charge in [-0.05, 0) is 24.1 Å². The topological polar surface area (TPSA) is 66.4 Å². The highest BCUT2D eigenvalue weighted by atomic mass is 32.2. The van der Waals surface area contributed by atoms with E-state index in [0.29, 0.717) is 0 Å². The monoisotopic (exact) mass is 295 g/mol. The number of rotatable bonds is 8. The summed E-state index contributed by atoms with van der Waals surface area (Å²) in [5.74, 6) is -0.669. The minimum absolute atomic E-state index is 0.0646. The highest BCUT2D eigenvalue weighted by molar-refractivity contribution is 8.00. The van der Waals surface area contributed by atoms with Gasteiger partial charge in [-0.25, -0.2) is 0 Å². The molecule has 0 aromatic heterocycles. The van der Waals surface area contributed by atoms with E-state index in [-0.39, 0.29) is 23.3 Å². The maximum atomic E-state index is 11.7. The Bertz CT molecular complexity index is 445. The number of anilines is 1. The molecule has 0 aliphatic heterocycles. The quantitative estimate of drug-likeness (QED) is 0.773. The van der Waals surface area contributed by atoms with Crippen LogP contribution < -0.4 is 5.32 Å². The molecule has 2 N–H and O–H groups in total. The van der Waals surface area contributed by atoms with Gasteiger partial charge in [-0.3, -0.25) is 9.59 Å². The Kier molecular flexibility index (Phi) is 7.15. The van der Waals surface area contributed by atoms with E-state index in [1.807, 2.05) is 31.2 Å². The van der Waals surface area contributed by atoms with Crippen molar-refractivity contribution in [3.8, 4) is 0 Å². The molecule has 20 heavy (non-hydrogen) atoms. The van der Waals surface area contributed by atoms with Crippen LogP contribution in [-0.2, 0) is 16.0 Å². The first-order chi connectivity index (χ1) is 9.51. The summed E-state index contributed by atoms with van der Waals surface area (Å²) in [5, 5.41) is 11.4. The first-order valence-electron chi connectivity index (χ1n) is 6.73. The lowest BCUT2D eigenvalue weighted by Crippen LogP contribution is -2.16. The minimum atomic E-state index is -0.836. The van der Waals surface area contributed by atoms with Gasteiger partial charge in [0.05, 0.1) is 12.2 Å². The smallest absolute Gasteiger partial charge is 0.304 e. The molecular formula is C15H21NO3S. The molecule has 1 unspecified atom stereocenters. The second-order valence-corrected chi connectivity index (χ2v) is 6.14. The van der Waals surface area contributed by atoms with Gasteiger partial charge < -0.3 is 10.4 Å². The van der Waals surface area contributed by atoms with Crippen molar-refractivity contribution in [3.05, 3.63) is 29.8 Å². The number of hydrogen-bond acceptors (Lipinski definition) is 3. The highest BCUT2D eigenvalue weighted by Gasteiger charge is 2.10. The lowest BCUT2D eigenvalue weighted by atomic mass is 10.1. The van der Waals surface area contributed by atoms with Crippen LogP contribution in [0.1, 0.15) is 32.3 Å². The van der Waals surface area contributed by atoms with E-state index >= 15 is 0 Å². The van der Waals surface area contributed by atoms with Crippen LogP contribution in [0.4, 0.5) is 5.69 Å². The summed E-state index contributed by atoms with van der Waals surface area (Å²) in [5.41, 5.74) is 2.04. The number of aryl methyl sites for hydroxylation is 1. The second kappa shape index (κ2) is 8.64. The van der Waals surface area contributed by atoms with Crippen LogP contribution >= 0.6 is 11.8 Å². The van der Waals surface area contributed by atoms with E-state index in [2.05, 4.69) is 12.2 Å². The van der Waals surface area contributed by atoms with E-state index < -0.39 is 5.97 Å². The molecule has 1 aromatic rings. The fourth-order valence-electron chi connectivity index (χ4n) is 1.76. The Morgan fingerprint density at radius 3 is 2.50 bits per heavy atom. The maximum Gasteiger partial charge on any atom is 0.304 e. The Labute approximate surface area is 124 Å². The zero-order chi connectivity index (χ0) is 15.0. The predicted molar refractivity (Wildman–Crippen MR) is 83.2 cm³/mol. The van der Waals surface area contributed by atoms with Crippen molar-refractivity contribution in [2.24, 2.45) is 0 Å². The van der Waals surface area contributed by atoms with Gasteiger partial charge in [0, 0.05) is 10.9 Å². The van der Waals surface area contributed by atoms with Crippen molar-refractivity contribution >= 4 is 29.3 Å². The number of aliphatic carboxylic acids is 1. The SMILES string of the molecule is CCCc1ccc(NC(=O)CSC(C)CC(=O)O)cc1. The molecule has 4 nitrogen and oxygen atoms in total. The number of amides is 1. The van der Waals surface area contributed by atoms with Crippen molar-refractivity contribution in [1.29, 1.82) is 0 Å². The predicted octanol–water partition coefficient (Wildman–Crippen LogP) is 3.17. The molecule has 0 heterocycles. The van der Waals surface area contributed by atoms with E-state index in [9.17, 15) is 9.59 Å². The molecule has 1 rings (SSSR count). The largest absolute Gasteiger partial charge is 0.481 e. The zero-order valence-electron chi connectivity index (χ0n) is 11.9. The van der Waals surface area contributed by atoms with E-state index in [0.717, 1.165) is 18.5 Å². The number of carbonyl (C=O) groups is 2. The lowest BCUT2D eigenvalue weighted by molar-refractivity contribution is -0.136. The average molecular weight is 295 g/mol. The van der Waals surface area contributed by atoms with Gasteiger partial charge in [0.2, 0.25) is 5.91 Å². The van der Waals surface area contributed by atoms with Crippen LogP contribution in [0.3, 0.4) is 0 Å². The fourth-order valence-corrected chi connectivity index (χ4v) is 2.53. The normalized spacial score (nSPS) is 11.9. The standard InChI is InChI=1S/C15H21NO3S/c1-3-4-12-5-7-13(8-6-12)16-14(17)10-20-11(2)9-15(18)19/h5-8,11H,3-4,9-10H2,1-2H3,(H,16,17)(H,18,19). The fraction of sp³-hybridized carbons (Fsp3) is 0.467. The molecule has 1 atom stereocenters. The number of benzene rings is 1. The van der Waals surface area contributed by atoms with Crippen molar-refractivity contribution in [2.75, 3.05) is 11.1 Å². The van der Waals surface area contributed by atoms with E-state index in [4.69, 9.17) is 5.11 Å². The third kappa shape index (κ3) is 6.61. The molecule has 5 heteroatoms. The summed E-state index contributed by atoms with van der Waals surface area (Å²) in [4.78, 5) is 22.3. The molecule has 0 aliphatic rings. The summed E-state index contributed by atoms with van der Waals surface area (Å²) in [7, 11) is 0. The molecule has 0 saturated carbocycles. The molecular weight excluding hydrogens is 274 g/mol. The Morgan fingerprint density at radius 2 is 1.95 bits per heavy atom. The maximum absolute atomic E-state index is 11.7. The first kappa shape index (κ1) is 16.6. The number of nitrogens with one attached hydrogen (secondary N) is 1. The Hall–Kier alpha value is -1.49. The average Bonchev–Trinajstić information content (AvgIpc) is 2.38. The summed E-state index contributed by atoms with van der Waals surface area (Å²) in [6.07, 6.45) is 2.21. The Balaban J connectivity index is 2.36. The highest BCUT2D eigenvalue weighted by Crippen LogP contribution is 2.15. The van der Waals surface area contributed by atoms with Crippen LogP contribution in [0, 0.1) is 0 Å². The van der Waals surface area contributed by atoms with Crippen molar-refractivity contribution < 1.29 is 14.7 Å². The molecule has 110 valence electrons. The lowest BCUT2D eigenvalue weighted by Gasteiger charge is -2.09. The van der Waals surface area contributed by atoms with Crippen LogP contribution in [0.25, 0.3) is 0 Å². The summed E-state index contributed by atoms with van der Waals surface area (Å²) < 4.78 is 0. The number of carboxylic acid groups (broad SMARTS) is 1. The zero-order valence-corrected chi connectivity index (χ0v) is 12.7. The van der Waals surface area contributed by atoms with Crippen LogP contribution in [0.2, 0.25) is 0 Å².